The van der Waals surface area contributed by atoms with Crippen LogP contribution in [0.5, 0.6) is 0 Å². The summed E-state index contributed by atoms with van der Waals surface area (Å²) in [5, 5.41) is 0. The maximum Gasteiger partial charge on any atom is 0.242 e. The average Bonchev–Trinajstić information content (AvgIpc) is 2.54. The minimum atomic E-state index is -1.04. The molecule has 2 aliphatic rings. The van der Waals surface area contributed by atoms with E-state index < -0.39 is 11.8 Å². The lowest BCUT2D eigenvalue weighted by Crippen LogP contribution is -2.51. The molecule has 6 heteroatoms. The predicted molar refractivity (Wildman–Crippen MR) is 43.8 cm³/mol. The van der Waals surface area contributed by atoms with Gasteiger partial charge < -0.3 is 14.2 Å². The third kappa shape index (κ3) is 1.01. The molecule has 0 saturated carbocycles. The molecule has 0 aromatic heterocycles. The van der Waals surface area contributed by atoms with Crippen LogP contribution in [-0.2, 0) is 19.0 Å². The number of fused-ring (bicyclic) bond motifs is 2. The SMILES string of the molecule is [B][C@@H]1O[C@]2(ON)C(OC)C1O[C@H]2C. The Labute approximate surface area is 77.8 Å². The Morgan fingerprint density at radius 2 is 2.23 bits per heavy atom. The van der Waals surface area contributed by atoms with E-state index in [9.17, 15) is 0 Å². The van der Waals surface area contributed by atoms with E-state index in [0.717, 1.165) is 0 Å². The number of ether oxygens (including phenoxy) is 3. The molecular weight excluding hydrogens is 173 g/mol. The van der Waals surface area contributed by atoms with Gasteiger partial charge >= 0.3 is 0 Å². The first-order chi connectivity index (χ1) is 6.15. The fourth-order valence-electron chi connectivity index (χ4n) is 2.04. The van der Waals surface area contributed by atoms with E-state index in [2.05, 4.69) is 0 Å². The van der Waals surface area contributed by atoms with Crippen molar-refractivity contribution in [3.05, 3.63) is 0 Å². The van der Waals surface area contributed by atoms with Gasteiger partial charge in [0.1, 0.15) is 26.2 Å². The van der Waals surface area contributed by atoms with Gasteiger partial charge in [0.2, 0.25) is 5.79 Å². The van der Waals surface area contributed by atoms with E-state index in [-0.39, 0.29) is 18.3 Å². The molecule has 2 N–H and O–H groups in total. The second kappa shape index (κ2) is 2.93. The van der Waals surface area contributed by atoms with E-state index in [4.69, 9.17) is 32.8 Å². The summed E-state index contributed by atoms with van der Waals surface area (Å²) < 4.78 is 16.1. The molecule has 2 heterocycles. The zero-order valence-corrected chi connectivity index (χ0v) is 7.60. The molecule has 72 valence electrons. The monoisotopic (exact) mass is 185 g/mol. The number of nitrogens with two attached hydrogens (primary N) is 1. The van der Waals surface area contributed by atoms with Gasteiger partial charge in [-0.2, -0.15) is 0 Å². The number of methoxy groups -OCH3 is 1. The Morgan fingerprint density at radius 1 is 1.54 bits per heavy atom. The molecule has 2 aliphatic heterocycles. The summed E-state index contributed by atoms with van der Waals surface area (Å²) in [6.45, 7) is 1.81. The summed E-state index contributed by atoms with van der Waals surface area (Å²) in [6, 6.07) is -0.537. The van der Waals surface area contributed by atoms with Crippen molar-refractivity contribution in [3.8, 4) is 0 Å². The Kier molecular flexibility index (Phi) is 2.12. The molecule has 2 fully saturated rings. The van der Waals surface area contributed by atoms with Crippen LogP contribution in [0.4, 0.5) is 0 Å². The smallest absolute Gasteiger partial charge is 0.242 e. The van der Waals surface area contributed by atoms with E-state index in [0.29, 0.717) is 0 Å². The number of hydrogen-bond donors (Lipinski definition) is 1. The zero-order chi connectivity index (χ0) is 9.64. The molecule has 5 atom stereocenters. The average molecular weight is 185 g/mol. The minimum Gasteiger partial charge on any atom is -0.373 e. The van der Waals surface area contributed by atoms with Gasteiger partial charge in [-0.15, -0.1) is 0 Å². The molecule has 0 aromatic rings. The van der Waals surface area contributed by atoms with Crippen LogP contribution in [0.25, 0.3) is 0 Å². The molecule has 2 bridgehead atoms. The van der Waals surface area contributed by atoms with E-state index in [1.807, 2.05) is 6.92 Å². The highest BCUT2D eigenvalue weighted by Gasteiger charge is 2.65. The van der Waals surface area contributed by atoms with Gasteiger partial charge in [-0.1, -0.05) is 0 Å². The van der Waals surface area contributed by atoms with Crippen molar-refractivity contribution in [2.45, 2.75) is 37.0 Å². The standard InChI is InChI=1S/C7H12BNO4/c1-3-7(13-9)5(10-2)4(11-3)6(8)12-7/h3-6H,9H2,1-2H3/t3-,4?,5?,6+,7+/m0/s1. The molecule has 0 aliphatic carbocycles. The molecular formula is C7H12BNO4. The lowest BCUT2D eigenvalue weighted by molar-refractivity contribution is -0.294. The summed E-state index contributed by atoms with van der Waals surface area (Å²) in [7, 11) is 7.20. The van der Waals surface area contributed by atoms with Crippen molar-refractivity contribution in [1.29, 1.82) is 0 Å². The normalized spacial score (nSPS) is 54.4. The summed E-state index contributed by atoms with van der Waals surface area (Å²) in [6.07, 6.45) is -0.932. The zero-order valence-electron chi connectivity index (χ0n) is 7.60. The van der Waals surface area contributed by atoms with E-state index >= 15 is 0 Å². The fraction of sp³-hybridized carbons (Fsp3) is 1.00. The van der Waals surface area contributed by atoms with Crippen molar-refractivity contribution in [3.63, 3.8) is 0 Å². The third-order valence-electron chi connectivity index (χ3n) is 2.71. The first-order valence-electron chi connectivity index (χ1n) is 4.15. The maximum absolute atomic E-state index is 5.65. The summed E-state index contributed by atoms with van der Waals surface area (Å²) in [4.78, 5) is 4.82. The minimum absolute atomic E-state index is 0.271. The quantitative estimate of drug-likeness (QED) is 0.437. The molecule has 2 saturated heterocycles. The van der Waals surface area contributed by atoms with Gasteiger partial charge in [0, 0.05) is 13.1 Å². The molecule has 0 aromatic carbocycles. The highest BCUT2D eigenvalue weighted by molar-refractivity contribution is 6.11. The molecule has 0 amide bonds. The van der Waals surface area contributed by atoms with Gasteiger partial charge in [-0.05, 0) is 6.92 Å². The lowest BCUT2D eigenvalue weighted by Gasteiger charge is -2.32. The maximum atomic E-state index is 5.65. The van der Waals surface area contributed by atoms with Crippen molar-refractivity contribution in [1.82, 2.24) is 0 Å². The molecule has 2 radical (unpaired) electrons. The largest absolute Gasteiger partial charge is 0.373 e. The van der Waals surface area contributed by atoms with Crippen LogP contribution in [0.1, 0.15) is 6.92 Å². The van der Waals surface area contributed by atoms with Crippen LogP contribution in [0.15, 0.2) is 0 Å². The molecule has 13 heavy (non-hydrogen) atoms. The van der Waals surface area contributed by atoms with Crippen molar-refractivity contribution < 1.29 is 19.0 Å². The van der Waals surface area contributed by atoms with Crippen molar-refractivity contribution >= 4 is 7.85 Å². The highest BCUT2D eigenvalue weighted by Crippen LogP contribution is 2.44. The number of rotatable bonds is 2. The second-order valence-electron chi connectivity index (χ2n) is 3.32. The molecule has 2 unspecified atom stereocenters. The Morgan fingerprint density at radius 3 is 2.69 bits per heavy atom. The van der Waals surface area contributed by atoms with Crippen LogP contribution in [0.2, 0.25) is 0 Å². The Hall–Kier alpha value is -0.135. The Bertz CT molecular complexity index is 217. The van der Waals surface area contributed by atoms with Crippen LogP contribution in [0.3, 0.4) is 0 Å². The highest BCUT2D eigenvalue weighted by atomic mass is 16.8. The second-order valence-corrected chi connectivity index (χ2v) is 3.32. The first-order valence-corrected chi connectivity index (χ1v) is 4.15. The van der Waals surface area contributed by atoms with Crippen LogP contribution >= 0.6 is 0 Å². The molecule has 2 rings (SSSR count). The summed E-state index contributed by atoms with van der Waals surface area (Å²) in [5.74, 6) is 4.14. The van der Waals surface area contributed by atoms with Crippen LogP contribution < -0.4 is 5.90 Å². The summed E-state index contributed by atoms with van der Waals surface area (Å²) >= 11 is 0. The van der Waals surface area contributed by atoms with Gasteiger partial charge in [0.25, 0.3) is 0 Å². The number of hydrogen-bond acceptors (Lipinski definition) is 5. The van der Waals surface area contributed by atoms with Crippen LogP contribution in [0, 0.1) is 0 Å². The van der Waals surface area contributed by atoms with Gasteiger partial charge in [-0.3, -0.25) is 4.84 Å². The van der Waals surface area contributed by atoms with E-state index in [1.54, 1.807) is 7.11 Å². The first kappa shape index (κ1) is 9.42. The van der Waals surface area contributed by atoms with Crippen molar-refractivity contribution in [2.24, 2.45) is 5.90 Å². The molecule has 5 nitrogen and oxygen atoms in total. The topological polar surface area (TPSA) is 62.9 Å². The molecule has 0 spiro atoms. The van der Waals surface area contributed by atoms with Crippen LogP contribution in [-0.4, -0.2) is 45.1 Å². The third-order valence-corrected chi connectivity index (χ3v) is 2.71. The van der Waals surface area contributed by atoms with Gasteiger partial charge in [-0.25, -0.2) is 5.90 Å². The van der Waals surface area contributed by atoms with Crippen molar-refractivity contribution in [2.75, 3.05) is 7.11 Å². The van der Waals surface area contributed by atoms with Gasteiger partial charge in [0.15, 0.2) is 0 Å². The van der Waals surface area contributed by atoms with E-state index in [1.165, 1.54) is 0 Å². The Balaban J connectivity index is 2.29. The fourth-order valence-corrected chi connectivity index (χ4v) is 2.04. The summed E-state index contributed by atoms with van der Waals surface area (Å²) in [5.41, 5.74) is 0. The lowest BCUT2D eigenvalue weighted by atomic mass is 9.93. The predicted octanol–water partition coefficient (Wildman–Crippen LogP) is -1.10. The van der Waals surface area contributed by atoms with Gasteiger partial charge in [0.05, 0.1) is 0 Å².